The predicted molar refractivity (Wildman–Crippen MR) is 118 cm³/mol. The molecule has 0 atom stereocenters. The summed E-state index contributed by atoms with van der Waals surface area (Å²) in [4.78, 5) is 0. The molecule has 2 aromatic carbocycles. The van der Waals surface area contributed by atoms with Crippen molar-refractivity contribution in [2.24, 2.45) is 10.9 Å². The van der Waals surface area contributed by atoms with Crippen molar-refractivity contribution in [3.05, 3.63) is 66.8 Å². The number of oxime groups is 1. The van der Waals surface area contributed by atoms with Gasteiger partial charge in [-0.3, -0.25) is 0 Å². The summed E-state index contributed by atoms with van der Waals surface area (Å²) in [5.41, 5.74) is 21.3. The zero-order chi connectivity index (χ0) is 21.0. The lowest BCUT2D eigenvalue weighted by atomic mass is 9.90. The summed E-state index contributed by atoms with van der Waals surface area (Å²) in [5.74, 6) is 0. The third kappa shape index (κ3) is 4.41. The van der Waals surface area contributed by atoms with Crippen LogP contribution in [0.3, 0.4) is 0 Å². The van der Waals surface area contributed by atoms with E-state index in [4.69, 9.17) is 10.9 Å². The molecule has 0 aliphatic rings. The minimum Gasteiger partial charge on any atom is -0.411 e. The first-order chi connectivity index (χ1) is 12.5. The van der Waals surface area contributed by atoms with E-state index >= 15 is 0 Å². The fourth-order valence-electron chi connectivity index (χ4n) is 3.66. The van der Waals surface area contributed by atoms with Crippen LogP contribution in [0.15, 0.2) is 5.16 Å². The third-order valence-electron chi connectivity index (χ3n) is 6.60. The lowest BCUT2D eigenvalue weighted by Gasteiger charge is -2.17. The highest BCUT2D eigenvalue weighted by Gasteiger charge is 2.11. The first kappa shape index (κ1) is 22.9. The largest absolute Gasteiger partial charge is 0.411 e. The topological polar surface area (TPSA) is 58.6 Å². The summed E-state index contributed by atoms with van der Waals surface area (Å²) in [6.45, 7) is 22.0. The zero-order valence-electron chi connectivity index (χ0n) is 18.8. The molecule has 2 rings (SSSR count). The van der Waals surface area contributed by atoms with E-state index in [-0.39, 0.29) is 0 Å². The number of hydrogen-bond acceptors (Lipinski definition) is 3. The van der Waals surface area contributed by atoms with Crippen molar-refractivity contribution in [3.8, 4) is 0 Å². The van der Waals surface area contributed by atoms with Gasteiger partial charge in [-0.15, -0.1) is 0 Å². The molecule has 0 radical (unpaired) electrons. The van der Waals surface area contributed by atoms with Gasteiger partial charge in [-0.1, -0.05) is 5.16 Å². The molecule has 148 valence electrons. The van der Waals surface area contributed by atoms with Gasteiger partial charge in [0, 0.05) is 12.1 Å². The summed E-state index contributed by atoms with van der Waals surface area (Å²) in [6, 6.07) is 0. The Bertz CT molecular complexity index is 819. The van der Waals surface area contributed by atoms with Gasteiger partial charge in [-0.25, -0.2) is 0 Å². The summed E-state index contributed by atoms with van der Waals surface area (Å²) >= 11 is 0. The molecule has 0 saturated carbocycles. The molecule has 27 heavy (non-hydrogen) atoms. The maximum atomic E-state index is 8.59. The Morgan fingerprint density at radius 3 is 1.19 bits per heavy atom. The monoisotopic (exact) mass is 368 g/mol. The third-order valence-corrected chi connectivity index (χ3v) is 6.60. The smallest absolute Gasteiger partial charge is 0.0739 e. The fourth-order valence-corrected chi connectivity index (χ4v) is 3.66. The van der Waals surface area contributed by atoms with Crippen molar-refractivity contribution in [3.63, 3.8) is 0 Å². The molecule has 0 saturated heterocycles. The number of rotatable bonds is 2. The number of nitrogens with zero attached hydrogens (tertiary/aromatic N) is 1. The molecule has 3 heteroatoms. The molecule has 0 heterocycles. The molecule has 0 spiro atoms. The molecule has 0 fully saturated rings. The zero-order valence-corrected chi connectivity index (χ0v) is 18.8. The average molecular weight is 369 g/mol. The van der Waals surface area contributed by atoms with Crippen LogP contribution in [-0.4, -0.2) is 11.4 Å². The van der Waals surface area contributed by atoms with E-state index in [0.717, 1.165) is 5.56 Å². The van der Waals surface area contributed by atoms with E-state index in [2.05, 4.69) is 74.4 Å². The van der Waals surface area contributed by atoms with E-state index < -0.39 is 0 Å². The summed E-state index contributed by atoms with van der Waals surface area (Å²) in [6.07, 6.45) is 1.52. The van der Waals surface area contributed by atoms with Gasteiger partial charge >= 0.3 is 0 Å². The molecule has 0 aliphatic carbocycles. The van der Waals surface area contributed by atoms with Gasteiger partial charge in [0.15, 0.2) is 0 Å². The molecule has 3 N–H and O–H groups in total. The predicted octanol–water partition coefficient (Wildman–Crippen LogP) is 5.72. The van der Waals surface area contributed by atoms with Crippen LogP contribution in [0.5, 0.6) is 0 Å². The quantitative estimate of drug-likeness (QED) is 0.404. The first-order valence-electron chi connectivity index (χ1n) is 9.51. The van der Waals surface area contributed by atoms with Gasteiger partial charge in [0.1, 0.15) is 0 Å². The fraction of sp³-hybridized carbons (Fsp3) is 0.458. The van der Waals surface area contributed by atoms with Crippen LogP contribution in [0.4, 0.5) is 0 Å². The Morgan fingerprint density at radius 1 is 0.593 bits per heavy atom. The molecular formula is C24H36N2O. The molecular weight excluding hydrogens is 332 g/mol. The van der Waals surface area contributed by atoms with Crippen molar-refractivity contribution in [2.75, 3.05) is 0 Å². The van der Waals surface area contributed by atoms with Crippen LogP contribution in [0.25, 0.3) is 0 Å². The van der Waals surface area contributed by atoms with Crippen molar-refractivity contribution in [1.82, 2.24) is 0 Å². The second kappa shape index (κ2) is 9.18. The molecule has 0 unspecified atom stereocenters. The van der Waals surface area contributed by atoms with Crippen LogP contribution in [0, 0.1) is 69.2 Å². The lowest BCUT2D eigenvalue weighted by molar-refractivity contribution is 0.322. The lowest BCUT2D eigenvalue weighted by Crippen LogP contribution is -2.07. The van der Waals surface area contributed by atoms with E-state index in [1.807, 2.05) is 0 Å². The Morgan fingerprint density at radius 2 is 0.889 bits per heavy atom. The van der Waals surface area contributed by atoms with Gasteiger partial charge in [0.25, 0.3) is 0 Å². The molecule has 0 bridgehead atoms. The minimum atomic E-state index is 0.652. The summed E-state index contributed by atoms with van der Waals surface area (Å²) in [7, 11) is 0. The highest BCUT2D eigenvalue weighted by molar-refractivity contribution is 5.85. The second-order valence-corrected chi connectivity index (χ2v) is 7.59. The second-order valence-electron chi connectivity index (χ2n) is 7.59. The van der Waals surface area contributed by atoms with Crippen LogP contribution >= 0.6 is 0 Å². The highest BCUT2D eigenvalue weighted by Crippen LogP contribution is 2.26. The molecule has 0 aliphatic heterocycles. The van der Waals surface area contributed by atoms with Crippen LogP contribution < -0.4 is 5.73 Å². The van der Waals surface area contributed by atoms with Crippen LogP contribution in [-0.2, 0) is 6.54 Å². The Kier molecular flexibility index (Phi) is 7.79. The normalized spacial score (nSPS) is 10.9. The SMILES string of the molecule is Cc1c(C)c(C)c(/C=N/O)c(C)c1C.Cc1c(C)c(C)c(CN)c(C)c1C. The van der Waals surface area contributed by atoms with Gasteiger partial charge in [-0.05, 0) is 130 Å². The Balaban J connectivity index is 0.000000271. The average Bonchev–Trinajstić information content (AvgIpc) is 2.66. The van der Waals surface area contributed by atoms with E-state index in [0.29, 0.717) is 6.54 Å². The first-order valence-corrected chi connectivity index (χ1v) is 9.51. The molecule has 3 nitrogen and oxygen atoms in total. The van der Waals surface area contributed by atoms with E-state index in [1.54, 1.807) is 0 Å². The van der Waals surface area contributed by atoms with Crippen molar-refractivity contribution in [1.29, 1.82) is 0 Å². The maximum Gasteiger partial charge on any atom is 0.0739 e. The standard InChI is InChI=1S/C12H17NO.C12H19N/c1-7-8(2)10(4)12(6-13-14)11(5)9(7)3;1-7-8(2)10(4)12(6-13)11(5)9(7)3/h6,14H,1-5H3;6,13H2,1-5H3/b13-6+;. The van der Waals surface area contributed by atoms with E-state index in [9.17, 15) is 0 Å². The number of benzene rings is 2. The Labute approximate surface area is 165 Å². The van der Waals surface area contributed by atoms with Gasteiger partial charge in [0.05, 0.1) is 6.21 Å². The maximum absolute atomic E-state index is 8.59. The molecule has 2 aromatic rings. The van der Waals surface area contributed by atoms with Crippen LogP contribution in [0.1, 0.15) is 66.8 Å². The van der Waals surface area contributed by atoms with Gasteiger partial charge in [-0.2, -0.15) is 0 Å². The number of hydrogen-bond donors (Lipinski definition) is 2. The van der Waals surface area contributed by atoms with Gasteiger partial charge < -0.3 is 10.9 Å². The summed E-state index contributed by atoms with van der Waals surface area (Å²) < 4.78 is 0. The Hall–Kier alpha value is -2.13. The van der Waals surface area contributed by atoms with E-state index in [1.165, 1.54) is 67.4 Å². The highest BCUT2D eigenvalue weighted by atomic mass is 16.4. The molecule has 0 aromatic heterocycles. The van der Waals surface area contributed by atoms with Crippen molar-refractivity contribution in [2.45, 2.75) is 75.8 Å². The van der Waals surface area contributed by atoms with Crippen molar-refractivity contribution >= 4 is 6.21 Å². The van der Waals surface area contributed by atoms with Gasteiger partial charge in [0.2, 0.25) is 0 Å². The molecule has 0 amide bonds. The minimum absolute atomic E-state index is 0.652. The number of nitrogens with two attached hydrogens (primary N) is 1. The van der Waals surface area contributed by atoms with Crippen molar-refractivity contribution < 1.29 is 5.21 Å². The van der Waals surface area contributed by atoms with Crippen LogP contribution in [0.2, 0.25) is 0 Å². The summed E-state index contributed by atoms with van der Waals surface area (Å²) in [5, 5.41) is 11.7.